The molecule has 2 rings (SSSR count). The van der Waals surface area contributed by atoms with Crippen molar-refractivity contribution in [2.75, 3.05) is 5.73 Å². The van der Waals surface area contributed by atoms with Gasteiger partial charge in [0.2, 0.25) is 0 Å². The van der Waals surface area contributed by atoms with Crippen LogP contribution in [0.5, 0.6) is 0 Å². The van der Waals surface area contributed by atoms with Gasteiger partial charge in [0.25, 0.3) is 5.91 Å². The van der Waals surface area contributed by atoms with Crippen LogP contribution in [0.1, 0.15) is 16.1 Å². The van der Waals surface area contributed by atoms with Gasteiger partial charge in [0.15, 0.2) is 11.6 Å². The minimum absolute atomic E-state index is 0.126. The number of nitrogen functional groups attached to an aromatic ring is 1. The number of amides is 1. The van der Waals surface area contributed by atoms with Gasteiger partial charge >= 0.3 is 0 Å². The van der Waals surface area contributed by atoms with E-state index in [1.165, 1.54) is 12.3 Å². The maximum Gasteiger partial charge on any atom is 0.254 e. The summed E-state index contributed by atoms with van der Waals surface area (Å²) in [4.78, 5) is 19.3. The number of pyridine rings is 2. The van der Waals surface area contributed by atoms with Crippen LogP contribution in [0.4, 0.5) is 10.2 Å². The van der Waals surface area contributed by atoms with E-state index >= 15 is 0 Å². The summed E-state index contributed by atoms with van der Waals surface area (Å²) in [5, 5.41) is 2.56. The Labute approximate surface area is 103 Å². The Morgan fingerprint density at radius 3 is 2.83 bits per heavy atom. The average Bonchev–Trinajstić information content (AvgIpc) is 2.40. The number of carbonyl (C=O) groups is 1. The SMILES string of the molecule is Nc1nccc(C(=O)NCc2ccccn2)c1F. The first-order valence-electron chi connectivity index (χ1n) is 5.26. The summed E-state index contributed by atoms with van der Waals surface area (Å²) in [6.07, 6.45) is 2.90. The fourth-order valence-electron chi connectivity index (χ4n) is 1.40. The number of nitrogens with two attached hydrogens (primary N) is 1. The number of rotatable bonds is 3. The summed E-state index contributed by atoms with van der Waals surface area (Å²) in [5.74, 6) is -1.65. The second kappa shape index (κ2) is 5.22. The van der Waals surface area contributed by atoms with Crippen LogP contribution in [0.25, 0.3) is 0 Å². The first kappa shape index (κ1) is 12.0. The number of nitrogens with one attached hydrogen (secondary N) is 1. The van der Waals surface area contributed by atoms with Gasteiger partial charge in [0.1, 0.15) is 0 Å². The van der Waals surface area contributed by atoms with Crippen molar-refractivity contribution in [1.82, 2.24) is 15.3 Å². The fourth-order valence-corrected chi connectivity index (χ4v) is 1.40. The lowest BCUT2D eigenvalue weighted by atomic mass is 10.2. The number of hydrogen-bond donors (Lipinski definition) is 2. The molecule has 0 spiro atoms. The number of halogens is 1. The van der Waals surface area contributed by atoms with Crippen LogP contribution < -0.4 is 11.1 Å². The third-order valence-corrected chi connectivity index (χ3v) is 2.32. The minimum Gasteiger partial charge on any atom is -0.381 e. The Hall–Kier alpha value is -2.50. The Morgan fingerprint density at radius 2 is 2.11 bits per heavy atom. The summed E-state index contributed by atoms with van der Waals surface area (Å²) in [7, 11) is 0. The van der Waals surface area contributed by atoms with Gasteiger partial charge < -0.3 is 11.1 Å². The van der Waals surface area contributed by atoms with E-state index in [0.717, 1.165) is 0 Å². The number of nitrogens with zero attached hydrogens (tertiary/aromatic N) is 2. The van der Waals surface area contributed by atoms with Crippen LogP contribution in [0.3, 0.4) is 0 Å². The van der Waals surface area contributed by atoms with Gasteiger partial charge in [-0.05, 0) is 18.2 Å². The molecule has 6 heteroatoms. The molecule has 0 fully saturated rings. The number of anilines is 1. The molecule has 92 valence electrons. The molecule has 0 aliphatic heterocycles. The van der Waals surface area contributed by atoms with Gasteiger partial charge in [-0.25, -0.2) is 9.37 Å². The highest BCUT2D eigenvalue weighted by Gasteiger charge is 2.14. The molecule has 0 saturated heterocycles. The van der Waals surface area contributed by atoms with E-state index < -0.39 is 11.7 Å². The average molecular weight is 246 g/mol. The smallest absolute Gasteiger partial charge is 0.254 e. The van der Waals surface area contributed by atoms with Gasteiger partial charge in [-0.2, -0.15) is 0 Å². The van der Waals surface area contributed by atoms with Crippen LogP contribution in [0.15, 0.2) is 36.7 Å². The van der Waals surface area contributed by atoms with Gasteiger partial charge in [0, 0.05) is 12.4 Å². The number of carbonyl (C=O) groups excluding carboxylic acids is 1. The molecule has 0 aliphatic rings. The zero-order valence-corrected chi connectivity index (χ0v) is 9.43. The Morgan fingerprint density at radius 1 is 1.28 bits per heavy atom. The van der Waals surface area contributed by atoms with Crippen molar-refractivity contribution in [2.24, 2.45) is 0 Å². The van der Waals surface area contributed by atoms with Crippen molar-refractivity contribution in [3.8, 4) is 0 Å². The van der Waals surface area contributed by atoms with E-state index in [0.29, 0.717) is 5.69 Å². The molecule has 0 saturated carbocycles. The first-order valence-corrected chi connectivity index (χ1v) is 5.26. The van der Waals surface area contributed by atoms with Crippen LogP contribution >= 0.6 is 0 Å². The molecule has 0 aliphatic carbocycles. The lowest BCUT2D eigenvalue weighted by Gasteiger charge is -2.06. The van der Waals surface area contributed by atoms with Gasteiger partial charge in [0.05, 0.1) is 17.8 Å². The standard InChI is InChI=1S/C12H11FN4O/c13-10-9(4-6-16-11(10)14)12(18)17-7-8-3-1-2-5-15-8/h1-6H,7H2,(H2,14,16)(H,17,18). The Bertz CT molecular complexity index is 559. The molecule has 2 aromatic rings. The lowest BCUT2D eigenvalue weighted by molar-refractivity contribution is 0.0946. The van der Waals surface area contributed by atoms with Crippen LogP contribution in [-0.4, -0.2) is 15.9 Å². The predicted octanol–water partition coefficient (Wildman–Crippen LogP) is 1.13. The van der Waals surface area contributed by atoms with E-state index in [2.05, 4.69) is 15.3 Å². The van der Waals surface area contributed by atoms with Crippen LogP contribution in [-0.2, 0) is 6.54 Å². The Balaban J connectivity index is 2.07. The third kappa shape index (κ3) is 2.60. The highest BCUT2D eigenvalue weighted by Crippen LogP contribution is 2.11. The van der Waals surface area contributed by atoms with Gasteiger partial charge in [-0.3, -0.25) is 9.78 Å². The monoisotopic (exact) mass is 246 g/mol. The molecular formula is C12H11FN4O. The zero-order chi connectivity index (χ0) is 13.0. The minimum atomic E-state index is -0.809. The topological polar surface area (TPSA) is 80.9 Å². The summed E-state index contributed by atoms with van der Waals surface area (Å²) in [5.41, 5.74) is 5.85. The van der Waals surface area contributed by atoms with Crippen molar-refractivity contribution < 1.29 is 9.18 Å². The van der Waals surface area contributed by atoms with E-state index in [9.17, 15) is 9.18 Å². The second-order valence-corrected chi connectivity index (χ2v) is 3.56. The molecule has 0 aromatic carbocycles. The van der Waals surface area contributed by atoms with E-state index in [4.69, 9.17) is 5.73 Å². The molecule has 3 N–H and O–H groups in total. The summed E-state index contributed by atoms with van der Waals surface area (Å²) >= 11 is 0. The van der Waals surface area contributed by atoms with Crippen molar-refractivity contribution in [3.63, 3.8) is 0 Å². The summed E-state index contributed by atoms with van der Waals surface area (Å²) in [6.45, 7) is 0.224. The van der Waals surface area contributed by atoms with Crippen molar-refractivity contribution in [2.45, 2.75) is 6.54 Å². The first-order chi connectivity index (χ1) is 8.68. The molecule has 5 nitrogen and oxygen atoms in total. The second-order valence-electron chi connectivity index (χ2n) is 3.56. The largest absolute Gasteiger partial charge is 0.381 e. The molecule has 2 heterocycles. The molecule has 0 radical (unpaired) electrons. The lowest BCUT2D eigenvalue weighted by Crippen LogP contribution is -2.24. The quantitative estimate of drug-likeness (QED) is 0.850. The molecule has 0 bridgehead atoms. The van der Waals surface area contributed by atoms with Crippen LogP contribution in [0, 0.1) is 5.82 Å². The molecule has 1 amide bonds. The molecule has 18 heavy (non-hydrogen) atoms. The van der Waals surface area contributed by atoms with E-state index in [1.807, 2.05) is 0 Å². The predicted molar refractivity (Wildman–Crippen MR) is 64.0 cm³/mol. The highest BCUT2D eigenvalue weighted by atomic mass is 19.1. The maximum absolute atomic E-state index is 13.5. The highest BCUT2D eigenvalue weighted by molar-refractivity contribution is 5.94. The zero-order valence-electron chi connectivity index (χ0n) is 9.43. The maximum atomic E-state index is 13.5. The molecule has 0 atom stereocenters. The van der Waals surface area contributed by atoms with Gasteiger partial charge in [-0.1, -0.05) is 6.07 Å². The fraction of sp³-hybridized carbons (Fsp3) is 0.0833. The molecule has 0 unspecified atom stereocenters. The van der Waals surface area contributed by atoms with Gasteiger partial charge in [-0.15, -0.1) is 0 Å². The van der Waals surface area contributed by atoms with Crippen molar-refractivity contribution >= 4 is 11.7 Å². The molecule has 2 aromatic heterocycles. The van der Waals surface area contributed by atoms with Crippen molar-refractivity contribution in [3.05, 3.63) is 53.7 Å². The third-order valence-electron chi connectivity index (χ3n) is 2.32. The van der Waals surface area contributed by atoms with E-state index in [-0.39, 0.29) is 17.9 Å². The molecular weight excluding hydrogens is 235 g/mol. The van der Waals surface area contributed by atoms with Crippen LogP contribution in [0.2, 0.25) is 0 Å². The Kier molecular flexibility index (Phi) is 3.47. The summed E-state index contributed by atoms with van der Waals surface area (Å²) < 4.78 is 13.5. The number of hydrogen-bond acceptors (Lipinski definition) is 4. The number of aromatic nitrogens is 2. The van der Waals surface area contributed by atoms with Crippen molar-refractivity contribution in [1.29, 1.82) is 0 Å². The van der Waals surface area contributed by atoms with E-state index in [1.54, 1.807) is 24.4 Å². The normalized spacial score (nSPS) is 10.1. The summed E-state index contributed by atoms with van der Waals surface area (Å²) in [6, 6.07) is 6.62.